The monoisotopic (exact) mass is 184 g/mol. The Kier molecular flexibility index (Phi) is 2.34. The van der Waals surface area contributed by atoms with Gasteiger partial charge in [-0.3, -0.25) is 0 Å². The first-order valence-electron chi connectivity index (χ1n) is 5.22. The van der Waals surface area contributed by atoms with Crippen LogP contribution in [0.15, 0.2) is 0 Å². The molecule has 0 spiro atoms. The molecule has 2 fully saturated rings. The van der Waals surface area contributed by atoms with Crippen molar-refractivity contribution in [2.45, 2.75) is 43.3 Å². The average Bonchev–Trinajstić information content (AvgIpc) is 2.43. The predicted octanol–water partition coefficient (Wildman–Crippen LogP) is 0.193. The summed E-state index contributed by atoms with van der Waals surface area (Å²) < 4.78 is 0. The van der Waals surface area contributed by atoms with Gasteiger partial charge in [0.25, 0.3) is 0 Å². The Morgan fingerprint density at radius 2 is 1.92 bits per heavy atom. The molecule has 3 nitrogen and oxygen atoms in total. The highest BCUT2D eigenvalue weighted by Gasteiger charge is 2.45. The molecule has 2 rings (SSSR count). The van der Waals surface area contributed by atoms with Crippen molar-refractivity contribution in [2.75, 3.05) is 20.7 Å². The van der Waals surface area contributed by atoms with Crippen molar-refractivity contribution in [1.82, 2.24) is 10.2 Å². The number of hydrogen-bond donors (Lipinski definition) is 2. The fraction of sp³-hybridized carbons (Fsp3) is 1.00. The molecule has 2 heterocycles. The van der Waals surface area contributed by atoms with E-state index in [4.69, 9.17) is 0 Å². The molecule has 2 saturated heterocycles. The molecule has 0 saturated carbocycles. The first-order valence-corrected chi connectivity index (χ1v) is 5.22. The van der Waals surface area contributed by atoms with Crippen LogP contribution in [-0.2, 0) is 0 Å². The van der Waals surface area contributed by atoms with Crippen LogP contribution in [0.25, 0.3) is 0 Å². The Balaban J connectivity index is 2.13. The standard InChI is InChI=1S/C10H20N2O/c1-11-10(7-13)5-8-3-4-9(6-10)12(8)2/h8-9,11,13H,3-7H2,1-2H3. The molecule has 2 bridgehead atoms. The lowest BCUT2D eigenvalue weighted by Crippen LogP contribution is -2.57. The highest BCUT2D eigenvalue weighted by molar-refractivity contribution is 5.04. The molecular formula is C10H20N2O. The first kappa shape index (κ1) is 9.44. The van der Waals surface area contributed by atoms with E-state index in [1.807, 2.05) is 7.05 Å². The second-order valence-corrected chi connectivity index (χ2v) is 4.65. The maximum atomic E-state index is 9.41. The molecule has 2 unspecified atom stereocenters. The summed E-state index contributed by atoms with van der Waals surface area (Å²) in [6.07, 6.45) is 4.83. The van der Waals surface area contributed by atoms with Crippen LogP contribution < -0.4 is 5.32 Å². The molecule has 0 radical (unpaired) electrons. The van der Waals surface area contributed by atoms with E-state index in [1.165, 1.54) is 12.8 Å². The number of nitrogens with zero attached hydrogens (tertiary/aromatic N) is 1. The van der Waals surface area contributed by atoms with Crippen LogP contribution in [0.1, 0.15) is 25.7 Å². The van der Waals surface area contributed by atoms with Gasteiger partial charge >= 0.3 is 0 Å². The van der Waals surface area contributed by atoms with Gasteiger partial charge in [-0.2, -0.15) is 0 Å². The smallest absolute Gasteiger partial charge is 0.0614 e. The third-order valence-corrected chi connectivity index (χ3v) is 4.07. The minimum absolute atomic E-state index is 0.0122. The van der Waals surface area contributed by atoms with Gasteiger partial charge in [-0.1, -0.05) is 0 Å². The van der Waals surface area contributed by atoms with Gasteiger partial charge in [-0.25, -0.2) is 0 Å². The SMILES string of the molecule is CNC1(CO)CC2CCC(C1)N2C. The highest BCUT2D eigenvalue weighted by atomic mass is 16.3. The van der Waals surface area contributed by atoms with Gasteiger partial charge in [-0.15, -0.1) is 0 Å². The van der Waals surface area contributed by atoms with Crippen molar-refractivity contribution >= 4 is 0 Å². The molecule has 0 aromatic heterocycles. The Hall–Kier alpha value is -0.120. The second-order valence-electron chi connectivity index (χ2n) is 4.65. The molecule has 2 aliphatic heterocycles. The van der Waals surface area contributed by atoms with Crippen molar-refractivity contribution in [3.05, 3.63) is 0 Å². The highest BCUT2D eigenvalue weighted by Crippen LogP contribution is 2.39. The molecule has 3 heteroatoms. The lowest BCUT2D eigenvalue weighted by Gasteiger charge is -2.44. The van der Waals surface area contributed by atoms with Crippen LogP contribution in [-0.4, -0.2) is 48.3 Å². The molecule has 13 heavy (non-hydrogen) atoms. The Morgan fingerprint density at radius 3 is 2.31 bits per heavy atom. The zero-order valence-corrected chi connectivity index (χ0v) is 8.58. The van der Waals surface area contributed by atoms with Gasteiger partial charge in [0.05, 0.1) is 6.61 Å². The minimum atomic E-state index is 0.0122. The van der Waals surface area contributed by atoms with E-state index >= 15 is 0 Å². The van der Waals surface area contributed by atoms with E-state index in [-0.39, 0.29) is 12.1 Å². The van der Waals surface area contributed by atoms with Crippen LogP contribution in [0, 0.1) is 0 Å². The summed E-state index contributed by atoms with van der Waals surface area (Å²) >= 11 is 0. The largest absolute Gasteiger partial charge is 0.394 e. The van der Waals surface area contributed by atoms with E-state index in [9.17, 15) is 5.11 Å². The topological polar surface area (TPSA) is 35.5 Å². The van der Waals surface area contributed by atoms with E-state index in [0.29, 0.717) is 12.1 Å². The number of piperidine rings is 1. The third kappa shape index (κ3) is 1.39. The van der Waals surface area contributed by atoms with Gasteiger partial charge in [0.2, 0.25) is 0 Å². The second kappa shape index (κ2) is 3.23. The van der Waals surface area contributed by atoms with Crippen molar-refractivity contribution in [3.8, 4) is 0 Å². The maximum absolute atomic E-state index is 9.41. The third-order valence-electron chi connectivity index (χ3n) is 4.07. The summed E-state index contributed by atoms with van der Waals surface area (Å²) in [4.78, 5) is 2.49. The molecule has 0 aromatic rings. The summed E-state index contributed by atoms with van der Waals surface area (Å²) in [5.41, 5.74) is 0.0122. The molecule has 2 atom stereocenters. The van der Waals surface area contributed by atoms with Crippen LogP contribution in [0.3, 0.4) is 0 Å². The van der Waals surface area contributed by atoms with E-state index in [0.717, 1.165) is 12.8 Å². The number of rotatable bonds is 2. The maximum Gasteiger partial charge on any atom is 0.0614 e. The number of aliphatic hydroxyl groups is 1. The molecule has 0 amide bonds. The fourth-order valence-electron chi connectivity index (χ4n) is 2.98. The number of likely N-dealkylation sites (N-methyl/N-ethyl adjacent to an activating group) is 1. The van der Waals surface area contributed by atoms with Crippen molar-refractivity contribution in [3.63, 3.8) is 0 Å². The van der Waals surface area contributed by atoms with Gasteiger partial charge in [0.1, 0.15) is 0 Å². The van der Waals surface area contributed by atoms with Crippen molar-refractivity contribution in [2.24, 2.45) is 0 Å². The molecule has 76 valence electrons. The summed E-state index contributed by atoms with van der Waals surface area (Å²) in [6.45, 7) is 0.282. The van der Waals surface area contributed by atoms with Crippen LogP contribution in [0.5, 0.6) is 0 Å². The number of nitrogens with one attached hydrogen (secondary N) is 1. The molecular weight excluding hydrogens is 164 g/mol. The number of hydrogen-bond acceptors (Lipinski definition) is 3. The Bertz CT molecular complexity index is 175. The average molecular weight is 184 g/mol. The van der Waals surface area contributed by atoms with Crippen molar-refractivity contribution in [1.29, 1.82) is 0 Å². The Labute approximate surface area is 80.1 Å². The molecule has 2 N–H and O–H groups in total. The van der Waals surface area contributed by atoms with Gasteiger partial charge < -0.3 is 15.3 Å². The van der Waals surface area contributed by atoms with E-state index < -0.39 is 0 Å². The lowest BCUT2D eigenvalue weighted by molar-refractivity contribution is 0.0525. The summed E-state index contributed by atoms with van der Waals surface area (Å²) in [6, 6.07) is 1.39. The predicted molar refractivity (Wildman–Crippen MR) is 52.7 cm³/mol. The van der Waals surface area contributed by atoms with Crippen molar-refractivity contribution < 1.29 is 5.11 Å². The van der Waals surface area contributed by atoms with Gasteiger partial charge in [-0.05, 0) is 39.8 Å². The minimum Gasteiger partial charge on any atom is -0.394 e. The summed E-state index contributed by atoms with van der Waals surface area (Å²) in [7, 11) is 4.19. The van der Waals surface area contributed by atoms with Gasteiger partial charge in [0, 0.05) is 17.6 Å². The van der Waals surface area contributed by atoms with E-state index in [2.05, 4.69) is 17.3 Å². The summed E-state index contributed by atoms with van der Waals surface area (Å²) in [5, 5.41) is 12.7. The van der Waals surface area contributed by atoms with E-state index in [1.54, 1.807) is 0 Å². The molecule has 2 aliphatic rings. The summed E-state index contributed by atoms with van der Waals surface area (Å²) in [5.74, 6) is 0. The lowest BCUT2D eigenvalue weighted by atomic mass is 9.84. The fourth-order valence-corrected chi connectivity index (χ4v) is 2.98. The van der Waals surface area contributed by atoms with Crippen LogP contribution in [0.4, 0.5) is 0 Å². The Morgan fingerprint density at radius 1 is 1.38 bits per heavy atom. The molecule has 0 aliphatic carbocycles. The quantitative estimate of drug-likeness (QED) is 0.643. The normalized spacial score (nSPS) is 45.5. The van der Waals surface area contributed by atoms with Crippen LogP contribution in [0.2, 0.25) is 0 Å². The zero-order chi connectivity index (χ0) is 9.47. The van der Waals surface area contributed by atoms with Crippen LogP contribution >= 0.6 is 0 Å². The zero-order valence-electron chi connectivity index (χ0n) is 8.58. The number of aliphatic hydroxyl groups excluding tert-OH is 1. The number of fused-ring (bicyclic) bond motifs is 2. The molecule has 0 aromatic carbocycles. The first-order chi connectivity index (χ1) is 6.21. The van der Waals surface area contributed by atoms with Gasteiger partial charge in [0.15, 0.2) is 0 Å².